The Hall–Kier alpha value is -2.13. The van der Waals surface area contributed by atoms with Gasteiger partial charge in [-0.2, -0.15) is 0 Å². The van der Waals surface area contributed by atoms with Gasteiger partial charge >= 0.3 is 0 Å². The quantitative estimate of drug-likeness (QED) is 0.733. The molecule has 2 aliphatic rings. The molecule has 0 spiro atoms. The summed E-state index contributed by atoms with van der Waals surface area (Å²) in [6.45, 7) is 2.50. The largest absolute Gasteiger partial charge is 0.370 e. The molecule has 1 atom stereocenters. The number of hydrogen-bond donors (Lipinski definition) is 2. The van der Waals surface area contributed by atoms with Crippen molar-refractivity contribution in [3.63, 3.8) is 0 Å². The normalized spacial score (nSPS) is 22.6. The van der Waals surface area contributed by atoms with Crippen LogP contribution in [0.5, 0.6) is 0 Å². The third-order valence-electron chi connectivity index (χ3n) is 5.30. The molecule has 0 aromatic heterocycles. The summed E-state index contributed by atoms with van der Waals surface area (Å²) in [6.07, 6.45) is 3.49. The van der Waals surface area contributed by atoms with Crippen LogP contribution in [-0.4, -0.2) is 57.1 Å². The van der Waals surface area contributed by atoms with Gasteiger partial charge in [0.2, 0.25) is 21.8 Å². The summed E-state index contributed by atoms with van der Waals surface area (Å²) in [5, 5.41) is 2.93. The highest BCUT2D eigenvalue weighted by molar-refractivity contribution is 7.92. The second-order valence-electron chi connectivity index (χ2n) is 7.49. The Balaban J connectivity index is 1.63. The van der Waals surface area contributed by atoms with Gasteiger partial charge in [0.25, 0.3) is 0 Å². The van der Waals surface area contributed by atoms with Crippen molar-refractivity contribution in [1.82, 2.24) is 4.90 Å². The SMILES string of the molecule is NC(=O)CCN1CCCC(C(=O)Nc2cccc(N3CCCCS3(=O)=O)c2)C1. The van der Waals surface area contributed by atoms with E-state index >= 15 is 0 Å². The minimum absolute atomic E-state index is 0.0811. The van der Waals surface area contributed by atoms with Gasteiger partial charge in [-0.15, -0.1) is 0 Å². The summed E-state index contributed by atoms with van der Waals surface area (Å²) in [4.78, 5) is 25.8. The van der Waals surface area contributed by atoms with E-state index < -0.39 is 10.0 Å². The molecule has 0 radical (unpaired) electrons. The Kier molecular flexibility index (Phi) is 6.56. The number of rotatable bonds is 6. The van der Waals surface area contributed by atoms with E-state index in [1.165, 1.54) is 4.31 Å². The molecular weight excluding hydrogens is 380 g/mol. The molecule has 2 saturated heterocycles. The maximum atomic E-state index is 12.7. The summed E-state index contributed by atoms with van der Waals surface area (Å²) in [5.74, 6) is -0.422. The lowest BCUT2D eigenvalue weighted by atomic mass is 9.97. The number of carbonyl (C=O) groups excluding carboxylic acids is 2. The smallest absolute Gasteiger partial charge is 0.235 e. The number of hydrogen-bond acceptors (Lipinski definition) is 5. The maximum absolute atomic E-state index is 12.7. The van der Waals surface area contributed by atoms with Crippen molar-refractivity contribution in [2.75, 3.05) is 41.6 Å². The van der Waals surface area contributed by atoms with Gasteiger partial charge in [0.15, 0.2) is 0 Å². The molecule has 1 aromatic rings. The minimum atomic E-state index is -3.29. The first-order valence-corrected chi connectivity index (χ1v) is 11.4. The van der Waals surface area contributed by atoms with Crippen LogP contribution in [0.4, 0.5) is 11.4 Å². The number of nitrogens with one attached hydrogen (secondary N) is 1. The molecular formula is C19H28N4O4S. The number of likely N-dealkylation sites (tertiary alicyclic amines) is 1. The fourth-order valence-corrected chi connectivity index (χ4v) is 5.43. The molecule has 2 fully saturated rings. The van der Waals surface area contributed by atoms with E-state index in [0.717, 1.165) is 25.8 Å². The molecule has 154 valence electrons. The van der Waals surface area contributed by atoms with Gasteiger partial charge in [-0.05, 0) is 50.4 Å². The van der Waals surface area contributed by atoms with Crippen molar-refractivity contribution in [1.29, 1.82) is 0 Å². The lowest BCUT2D eigenvalue weighted by Gasteiger charge is -2.32. The predicted molar refractivity (Wildman–Crippen MR) is 108 cm³/mol. The van der Waals surface area contributed by atoms with E-state index in [2.05, 4.69) is 10.2 Å². The molecule has 9 heteroatoms. The molecule has 8 nitrogen and oxygen atoms in total. The zero-order valence-corrected chi connectivity index (χ0v) is 16.8. The average molecular weight is 409 g/mol. The van der Waals surface area contributed by atoms with Gasteiger partial charge in [0.1, 0.15) is 0 Å². The van der Waals surface area contributed by atoms with Gasteiger partial charge < -0.3 is 16.0 Å². The monoisotopic (exact) mass is 408 g/mol. The van der Waals surface area contributed by atoms with Gasteiger partial charge in [-0.25, -0.2) is 8.42 Å². The number of benzene rings is 1. The average Bonchev–Trinajstić information content (AvgIpc) is 2.66. The first-order chi connectivity index (χ1) is 13.3. The standard InChI is InChI=1S/C19H28N4O4S/c20-18(24)8-11-22-9-4-5-15(14-22)19(25)21-16-6-3-7-17(13-16)23-10-1-2-12-28(23,26)27/h3,6-7,13,15H,1-2,4-5,8-12,14H2,(H2,20,24)(H,21,25). The first-order valence-electron chi connectivity index (χ1n) is 9.77. The molecule has 3 N–H and O–H groups in total. The number of primary amides is 1. The van der Waals surface area contributed by atoms with E-state index in [-0.39, 0.29) is 23.5 Å². The fourth-order valence-electron chi connectivity index (χ4n) is 3.80. The summed E-state index contributed by atoms with van der Waals surface area (Å²) < 4.78 is 26.0. The predicted octanol–water partition coefficient (Wildman–Crippen LogP) is 1.14. The zero-order chi connectivity index (χ0) is 20.1. The van der Waals surface area contributed by atoms with E-state index in [0.29, 0.717) is 43.9 Å². The van der Waals surface area contributed by atoms with E-state index in [1.54, 1.807) is 24.3 Å². The Morgan fingerprint density at radius 2 is 2.00 bits per heavy atom. The third kappa shape index (κ3) is 5.23. The second kappa shape index (κ2) is 8.91. The van der Waals surface area contributed by atoms with Crippen molar-refractivity contribution >= 4 is 33.2 Å². The molecule has 2 heterocycles. The van der Waals surface area contributed by atoms with Crippen molar-refractivity contribution in [2.45, 2.75) is 32.1 Å². The van der Waals surface area contributed by atoms with Crippen LogP contribution in [0.15, 0.2) is 24.3 Å². The van der Waals surface area contributed by atoms with E-state index in [9.17, 15) is 18.0 Å². The van der Waals surface area contributed by atoms with Crippen LogP contribution >= 0.6 is 0 Å². The fraction of sp³-hybridized carbons (Fsp3) is 0.579. The Bertz CT molecular complexity index is 827. The Morgan fingerprint density at radius 1 is 1.18 bits per heavy atom. The number of nitrogens with zero attached hydrogens (tertiary/aromatic N) is 2. The molecule has 3 rings (SSSR count). The van der Waals surface area contributed by atoms with Crippen molar-refractivity contribution in [3.8, 4) is 0 Å². The third-order valence-corrected chi connectivity index (χ3v) is 7.17. The van der Waals surface area contributed by atoms with Crippen LogP contribution in [0.3, 0.4) is 0 Å². The lowest BCUT2D eigenvalue weighted by molar-refractivity contribution is -0.121. The number of amides is 2. The van der Waals surface area contributed by atoms with Gasteiger partial charge in [-0.3, -0.25) is 13.9 Å². The van der Waals surface area contributed by atoms with Crippen molar-refractivity contribution in [2.24, 2.45) is 11.7 Å². The molecule has 0 aliphatic carbocycles. The van der Waals surface area contributed by atoms with Crippen LogP contribution in [0, 0.1) is 5.92 Å². The van der Waals surface area contributed by atoms with Crippen LogP contribution in [0.25, 0.3) is 0 Å². The number of nitrogens with two attached hydrogens (primary N) is 1. The summed E-state index contributed by atoms with van der Waals surface area (Å²) >= 11 is 0. The van der Waals surface area contributed by atoms with Gasteiger partial charge in [-0.1, -0.05) is 6.07 Å². The number of carbonyl (C=O) groups is 2. The van der Waals surface area contributed by atoms with Crippen molar-refractivity contribution < 1.29 is 18.0 Å². The molecule has 0 bridgehead atoms. The first kappa shape index (κ1) is 20.6. The van der Waals surface area contributed by atoms with Crippen LogP contribution in [-0.2, 0) is 19.6 Å². The van der Waals surface area contributed by atoms with E-state index in [1.807, 2.05) is 0 Å². The lowest BCUT2D eigenvalue weighted by Crippen LogP contribution is -2.41. The molecule has 2 amide bonds. The molecule has 1 aromatic carbocycles. The molecule has 1 unspecified atom stereocenters. The molecule has 0 saturated carbocycles. The van der Waals surface area contributed by atoms with Crippen LogP contribution in [0.2, 0.25) is 0 Å². The van der Waals surface area contributed by atoms with Crippen LogP contribution < -0.4 is 15.4 Å². The zero-order valence-electron chi connectivity index (χ0n) is 16.0. The summed E-state index contributed by atoms with van der Waals surface area (Å²) in [7, 11) is -3.29. The van der Waals surface area contributed by atoms with Crippen molar-refractivity contribution in [3.05, 3.63) is 24.3 Å². The number of piperidine rings is 1. The minimum Gasteiger partial charge on any atom is -0.370 e. The summed E-state index contributed by atoms with van der Waals surface area (Å²) in [6, 6.07) is 7.00. The Morgan fingerprint density at radius 3 is 2.75 bits per heavy atom. The highest BCUT2D eigenvalue weighted by Crippen LogP contribution is 2.27. The second-order valence-corrected chi connectivity index (χ2v) is 9.50. The highest BCUT2D eigenvalue weighted by Gasteiger charge is 2.28. The number of anilines is 2. The van der Waals surface area contributed by atoms with Gasteiger partial charge in [0.05, 0.1) is 17.4 Å². The molecule has 2 aliphatic heterocycles. The van der Waals surface area contributed by atoms with E-state index in [4.69, 9.17) is 5.73 Å². The maximum Gasteiger partial charge on any atom is 0.235 e. The summed E-state index contributed by atoms with van der Waals surface area (Å²) in [5.41, 5.74) is 6.39. The Labute approximate surface area is 166 Å². The molecule has 28 heavy (non-hydrogen) atoms. The van der Waals surface area contributed by atoms with Crippen LogP contribution in [0.1, 0.15) is 32.1 Å². The van der Waals surface area contributed by atoms with Gasteiger partial charge in [0, 0.05) is 31.7 Å². The highest BCUT2D eigenvalue weighted by atomic mass is 32.2. The topological polar surface area (TPSA) is 113 Å². The number of sulfonamides is 1.